The fourth-order valence-electron chi connectivity index (χ4n) is 3.48. The molecular weight excluding hydrogens is 478 g/mol. The van der Waals surface area contributed by atoms with Gasteiger partial charge in [0.2, 0.25) is 0 Å². The van der Waals surface area contributed by atoms with Gasteiger partial charge in [-0.25, -0.2) is 0 Å². The highest BCUT2D eigenvalue weighted by atomic mass is 79.9. The number of carbonyl (C=O) groups excluding carboxylic acids is 1. The van der Waals surface area contributed by atoms with Crippen LogP contribution in [-0.2, 0) is 4.79 Å². The minimum Gasteiger partial charge on any atom is -0.343 e. The van der Waals surface area contributed by atoms with Crippen LogP contribution in [0.1, 0.15) is 52.3 Å². The van der Waals surface area contributed by atoms with Crippen LogP contribution >= 0.6 is 15.9 Å². The molecule has 0 fully saturated rings. The molecule has 0 saturated heterocycles. The topological polar surface area (TPSA) is 60.8 Å². The Balaban J connectivity index is 0.00000129. The van der Waals surface area contributed by atoms with Crippen LogP contribution in [0.5, 0.6) is 0 Å². The van der Waals surface area contributed by atoms with Crippen LogP contribution in [0.3, 0.4) is 0 Å². The molecule has 0 aromatic carbocycles. The molecule has 0 spiro atoms. The molecule has 0 bridgehead atoms. The van der Waals surface area contributed by atoms with Gasteiger partial charge in [-0.1, -0.05) is 67.4 Å². The van der Waals surface area contributed by atoms with Crippen LogP contribution in [-0.4, -0.2) is 66.2 Å². The maximum Gasteiger partial charge on any atom is 0.273 e. The van der Waals surface area contributed by atoms with Crippen LogP contribution in [0, 0.1) is 6.92 Å². The minimum atomic E-state index is -0.0891. The average Bonchev–Trinajstić information content (AvgIpc) is 2.84. The number of halogens is 1. The minimum absolute atomic E-state index is 0.0708. The van der Waals surface area contributed by atoms with Gasteiger partial charge in [-0.3, -0.25) is 20.1 Å². The normalized spacial score (nSPS) is 18.0. The van der Waals surface area contributed by atoms with Crippen LogP contribution in [0.4, 0.5) is 0 Å². The zero-order chi connectivity index (χ0) is 25.0. The van der Waals surface area contributed by atoms with Gasteiger partial charge in [-0.2, -0.15) is 5.10 Å². The van der Waals surface area contributed by atoms with Gasteiger partial charge in [-0.05, 0) is 38.0 Å². The Morgan fingerprint density at radius 2 is 2.00 bits per heavy atom. The molecule has 182 valence electrons. The maximum atomic E-state index is 12.0. The molecule has 1 amide bonds. The third-order valence-electron chi connectivity index (χ3n) is 5.12. The lowest BCUT2D eigenvalue weighted by Crippen LogP contribution is -2.38. The van der Waals surface area contributed by atoms with Crippen LogP contribution in [0.2, 0.25) is 0 Å². The molecule has 2 aliphatic rings. The highest BCUT2D eigenvalue weighted by molar-refractivity contribution is 9.10. The predicted octanol–water partition coefficient (Wildman–Crippen LogP) is 5.21. The molecule has 3 rings (SSSR count). The molecule has 33 heavy (non-hydrogen) atoms. The van der Waals surface area contributed by atoms with Crippen molar-refractivity contribution in [1.82, 2.24) is 20.2 Å². The second-order valence-corrected chi connectivity index (χ2v) is 8.56. The third-order valence-corrected chi connectivity index (χ3v) is 5.82. The number of hydrogen-bond acceptors (Lipinski definition) is 5. The average molecular weight is 519 g/mol. The maximum absolute atomic E-state index is 12.0. The van der Waals surface area contributed by atoms with Crippen LogP contribution in [0.15, 0.2) is 51.2 Å². The first-order valence-electron chi connectivity index (χ1n) is 11.8. The summed E-state index contributed by atoms with van der Waals surface area (Å²) in [5, 5.41) is 4.25. The van der Waals surface area contributed by atoms with Crippen molar-refractivity contribution < 1.29 is 4.79 Å². The Morgan fingerprint density at radius 1 is 1.30 bits per heavy atom. The summed E-state index contributed by atoms with van der Waals surface area (Å²) in [6, 6.07) is 2.05. The summed E-state index contributed by atoms with van der Waals surface area (Å²) < 4.78 is 1.08. The fraction of sp³-hybridized carbons (Fsp3) is 0.500. The molecule has 1 aromatic rings. The first kappa shape index (κ1) is 28.8. The van der Waals surface area contributed by atoms with Crippen molar-refractivity contribution >= 4 is 33.6 Å². The van der Waals surface area contributed by atoms with E-state index in [0.717, 1.165) is 41.8 Å². The van der Waals surface area contributed by atoms with E-state index < -0.39 is 0 Å². The van der Waals surface area contributed by atoms with E-state index in [1.807, 2.05) is 59.0 Å². The summed E-state index contributed by atoms with van der Waals surface area (Å²) in [6.07, 6.45) is 11.1. The number of hydrazone groups is 1. The number of amides is 1. The molecule has 1 unspecified atom stereocenters. The van der Waals surface area contributed by atoms with Crippen molar-refractivity contribution in [1.29, 1.82) is 0 Å². The van der Waals surface area contributed by atoms with Crippen LogP contribution in [0.25, 0.3) is 6.08 Å². The van der Waals surface area contributed by atoms with Crippen molar-refractivity contribution in [2.24, 2.45) is 5.10 Å². The molecule has 1 aromatic heterocycles. The Morgan fingerprint density at radius 3 is 2.52 bits per heavy atom. The van der Waals surface area contributed by atoms with Gasteiger partial charge in [0.05, 0.1) is 6.04 Å². The molecular formula is C26H40BrN5O. The second-order valence-electron chi connectivity index (χ2n) is 7.71. The van der Waals surface area contributed by atoms with Gasteiger partial charge in [0, 0.05) is 55.7 Å². The van der Waals surface area contributed by atoms with E-state index in [1.165, 1.54) is 16.0 Å². The SMILES string of the molecule is C/C(=C\c1c(Br)ccnc1C)CN1CC=C(C2C=CC(C(=O)N(C)C)=NN2)CC1.CC.CC. The predicted molar refractivity (Wildman–Crippen MR) is 144 cm³/mol. The quantitative estimate of drug-likeness (QED) is 0.544. The van der Waals surface area contributed by atoms with E-state index in [1.54, 1.807) is 14.1 Å². The number of aromatic nitrogens is 1. The molecule has 0 saturated carbocycles. The van der Waals surface area contributed by atoms with Crippen molar-refractivity contribution in [3.05, 3.63) is 57.4 Å². The van der Waals surface area contributed by atoms with Gasteiger partial charge in [0.1, 0.15) is 5.71 Å². The number of hydrogen-bond donors (Lipinski definition) is 1. The number of pyridine rings is 1. The zero-order valence-corrected chi connectivity index (χ0v) is 23.0. The second kappa shape index (κ2) is 14.8. The zero-order valence-electron chi connectivity index (χ0n) is 21.4. The molecule has 2 aliphatic heterocycles. The molecule has 7 heteroatoms. The summed E-state index contributed by atoms with van der Waals surface area (Å²) in [7, 11) is 3.46. The van der Waals surface area contributed by atoms with E-state index in [0.29, 0.717) is 5.71 Å². The number of nitrogens with zero attached hydrogens (tertiary/aromatic N) is 4. The van der Waals surface area contributed by atoms with Crippen molar-refractivity contribution in [3.8, 4) is 0 Å². The Bertz CT molecular complexity index is 882. The summed E-state index contributed by atoms with van der Waals surface area (Å²) in [5.74, 6) is -0.0891. The number of rotatable bonds is 5. The van der Waals surface area contributed by atoms with Gasteiger partial charge in [-0.15, -0.1) is 0 Å². The van der Waals surface area contributed by atoms with E-state index in [9.17, 15) is 4.79 Å². The largest absolute Gasteiger partial charge is 0.343 e. The van der Waals surface area contributed by atoms with Crippen molar-refractivity contribution in [2.75, 3.05) is 33.7 Å². The summed E-state index contributed by atoms with van der Waals surface area (Å²) in [6.45, 7) is 15.0. The highest BCUT2D eigenvalue weighted by Crippen LogP contribution is 2.23. The monoisotopic (exact) mass is 517 g/mol. The summed E-state index contributed by atoms with van der Waals surface area (Å²) in [4.78, 5) is 20.3. The van der Waals surface area contributed by atoms with Gasteiger partial charge < -0.3 is 4.90 Å². The lowest BCUT2D eigenvalue weighted by atomic mass is 9.98. The Labute approximate surface area is 208 Å². The molecule has 1 N–H and O–H groups in total. The van der Waals surface area contributed by atoms with Gasteiger partial charge in [0.25, 0.3) is 5.91 Å². The fourth-order valence-corrected chi connectivity index (χ4v) is 4.00. The highest BCUT2D eigenvalue weighted by Gasteiger charge is 2.21. The van der Waals surface area contributed by atoms with E-state index in [2.05, 4.69) is 55.4 Å². The van der Waals surface area contributed by atoms with Crippen LogP contribution < -0.4 is 5.43 Å². The molecule has 3 heterocycles. The van der Waals surface area contributed by atoms with Crippen molar-refractivity contribution in [2.45, 2.75) is 54.0 Å². The summed E-state index contributed by atoms with van der Waals surface area (Å²) in [5.41, 5.74) is 8.38. The molecule has 6 nitrogen and oxygen atoms in total. The third kappa shape index (κ3) is 8.55. The first-order chi connectivity index (χ1) is 15.8. The van der Waals surface area contributed by atoms with E-state index in [4.69, 9.17) is 0 Å². The number of aryl methyl sites for hydroxylation is 1. The smallest absolute Gasteiger partial charge is 0.273 e. The van der Waals surface area contributed by atoms with Gasteiger partial charge >= 0.3 is 0 Å². The molecule has 0 radical (unpaired) electrons. The molecule has 1 atom stereocenters. The Hall–Kier alpha value is -2.25. The van der Waals surface area contributed by atoms with E-state index in [-0.39, 0.29) is 11.9 Å². The number of nitrogens with one attached hydrogen (secondary N) is 1. The van der Waals surface area contributed by atoms with E-state index >= 15 is 0 Å². The molecule has 0 aliphatic carbocycles. The lowest BCUT2D eigenvalue weighted by molar-refractivity contribution is -0.121. The van der Waals surface area contributed by atoms with Gasteiger partial charge in [0.15, 0.2) is 0 Å². The Kier molecular flexibility index (Phi) is 12.9. The van der Waals surface area contributed by atoms with Crippen molar-refractivity contribution in [3.63, 3.8) is 0 Å². The first-order valence-corrected chi connectivity index (χ1v) is 12.6. The number of carbonyl (C=O) groups is 1. The summed E-state index contributed by atoms with van der Waals surface area (Å²) >= 11 is 3.62. The standard InChI is InChI=1S/C22H28BrN5O.2C2H6/c1-15(13-18-16(2)24-10-7-19(18)23)14-28-11-8-17(9-12-28)20-5-6-21(26-25-20)22(29)27(3)4;2*1-2/h5-8,10,13,20,25H,9,11-12,14H2,1-4H3;2*1-2H3/b15-13+;;. The lowest BCUT2D eigenvalue weighted by Gasteiger charge is -2.30.